The Kier molecular flexibility index (Phi) is 4.02. The van der Waals surface area contributed by atoms with Gasteiger partial charge in [-0.25, -0.2) is 0 Å². The van der Waals surface area contributed by atoms with E-state index in [1.165, 1.54) is 18.5 Å². The summed E-state index contributed by atoms with van der Waals surface area (Å²) in [5.74, 6) is 0. The zero-order valence-electron chi connectivity index (χ0n) is 10.3. The molecule has 1 saturated heterocycles. The molecule has 2 rings (SSSR count). The van der Waals surface area contributed by atoms with Gasteiger partial charge >= 0.3 is 0 Å². The fourth-order valence-corrected chi connectivity index (χ4v) is 2.25. The molecule has 90 valence electrons. The van der Waals surface area contributed by atoms with Crippen molar-refractivity contribution in [3.63, 3.8) is 0 Å². The molecule has 1 aromatic heterocycles. The average Bonchev–Trinajstić information content (AvgIpc) is 2.87. The van der Waals surface area contributed by atoms with Crippen LogP contribution in [0.15, 0.2) is 18.3 Å². The van der Waals surface area contributed by atoms with Crippen molar-refractivity contribution in [3.05, 3.63) is 24.0 Å². The van der Waals surface area contributed by atoms with Crippen molar-refractivity contribution in [2.75, 3.05) is 13.2 Å². The molecule has 1 atom stereocenters. The summed E-state index contributed by atoms with van der Waals surface area (Å²) in [6.07, 6.45) is 5.00. The second-order valence-electron chi connectivity index (χ2n) is 4.77. The number of nitrogens with one attached hydrogen (secondary N) is 1. The van der Waals surface area contributed by atoms with Gasteiger partial charge in [-0.2, -0.15) is 0 Å². The third-order valence-electron chi connectivity index (χ3n) is 3.13. The normalized spacial score (nSPS) is 20.8. The number of ether oxygens (including phenoxy) is 1. The monoisotopic (exact) mass is 222 g/mol. The molecule has 0 bridgehead atoms. The maximum Gasteiger partial charge on any atom is 0.0700 e. The Morgan fingerprint density at radius 1 is 1.56 bits per heavy atom. The standard InChI is InChI=1S/C13H22N2O/c1-11(2)15-7-3-5-12(15)9-14-10-13-6-4-8-16-13/h3,5,7,11,13-14H,4,6,8-10H2,1-2H3. The quantitative estimate of drug-likeness (QED) is 0.827. The van der Waals surface area contributed by atoms with Gasteiger partial charge in [-0.1, -0.05) is 0 Å². The summed E-state index contributed by atoms with van der Waals surface area (Å²) < 4.78 is 7.89. The van der Waals surface area contributed by atoms with Crippen LogP contribution >= 0.6 is 0 Å². The first-order valence-corrected chi connectivity index (χ1v) is 6.25. The van der Waals surface area contributed by atoms with Crippen LogP contribution in [-0.2, 0) is 11.3 Å². The van der Waals surface area contributed by atoms with E-state index in [0.29, 0.717) is 12.1 Å². The molecule has 1 N–H and O–H groups in total. The van der Waals surface area contributed by atoms with E-state index in [-0.39, 0.29) is 0 Å². The minimum Gasteiger partial charge on any atom is -0.377 e. The van der Waals surface area contributed by atoms with Gasteiger partial charge < -0.3 is 14.6 Å². The first-order valence-electron chi connectivity index (χ1n) is 6.25. The maximum absolute atomic E-state index is 5.58. The Labute approximate surface area is 97.8 Å². The van der Waals surface area contributed by atoms with Crippen molar-refractivity contribution < 1.29 is 4.74 Å². The van der Waals surface area contributed by atoms with Crippen molar-refractivity contribution in [1.29, 1.82) is 0 Å². The highest BCUT2D eigenvalue weighted by atomic mass is 16.5. The smallest absolute Gasteiger partial charge is 0.0700 e. The van der Waals surface area contributed by atoms with E-state index in [1.54, 1.807) is 0 Å². The minimum absolute atomic E-state index is 0.433. The van der Waals surface area contributed by atoms with Crippen LogP contribution in [0.3, 0.4) is 0 Å². The number of hydrogen-bond acceptors (Lipinski definition) is 2. The fraction of sp³-hybridized carbons (Fsp3) is 0.692. The third-order valence-corrected chi connectivity index (χ3v) is 3.13. The molecule has 0 spiro atoms. The highest BCUT2D eigenvalue weighted by molar-refractivity contribution is 5.08. The summed E-state index contributed by atoms with van der Waals surface area (Å²) in [4.78, 5) is 0. The molecule has 1 aliphatic rings. The molecular weight excluding hydrogens is 200 g/mol. The first-order chi connectivity index (χ1) is 7.77. The van der Waals surface area contributed by atoms with E-state index in [9.17, 15) is 0 Å². The zero-order valence-corrected chi connectivity index (χ0v) is 10.3. The highest BCUT2D eigenvalue weighted by Gasteiger charge is 2.14. The Bertz CT molecular complexity index is 313. The van der Waals surface area contributed by atoms with Crippen LogP contribution in [-0.4, -0.2) is 23.8 Å². The van der Waals surface area contributed by atoms with E-state index in [0.717, 1.165) is 19.7 Å². The van der Waals surface area contributed by atoms with Crippen molar-refractivity contribution in [1.82, 2.24) is 9.88 Å². The van der Waals surface area contributed by atoms with E-state index in [1.807, 2.05) is 0 Å². The molecule has 1 aliphatic heterocycles. The molecular formula is C13H22N2O. The van der Waals surface area contributed by atoms with E-state index in [2.05, 4.69) is 42.1 Å². The van der Waals surface area contributed by atoms with Gasteiger partial charge in [-0.3, -0.25) is 0 Å². The Morgan fingerprint density at radius 2 is 2.44 bits per heavy atom. The Hall–Kier alpha value is -0.800. The van der Waals surface area contributed by atoms with Crippen LogP contribution in [0.2, 0.25) is 0 Å². The third kappa shape index (κ3) is 2.86. The van der Waals surface area contributed by atoms with Crippen LogP contribution in [0.5, 0.6) is 0 Å². The predicted octanol–water partition coefficient (Wildman–Crippen LogP) is 2.34. The second-order valence-corrected chi connectivity index (χ2v) is 4.77. The maximum atomic E-state index is 5.58. The number of hydrogen-bond donors (Lipinski definition) is 1. The van der Waals surface area contributed by atoms with Crippen LogP contribution in [0.25, 0.3) is 0 Å². The van der Waals surface area contributed by atoms with Crippen molar-refractivity contribution in [2.45, 2.75) is 45.4 Å². The highest BCUT2D eigenvalue weighted by Crippen LogP contribution is 2.12. The number of aromatic nitrogens is 1. The van der Waals surface area contributed by atoms with Gasteiger partial charge in [0.25, 0.3) is 0 Å². The van der Waals surface area contributed by atoms with E-state index in [4.69, 9.17) is 4.74 Å². The average molecular weight is 222 g/mol. The molecule has 1 aromatic rings. The molecule has 2 heterocycles. The fourth-order valence-electron chi connectivity index (χ4n) is 2.25. The molecule has 16 heavy (non-hydrogen) atoms. The van der Waals surface area contributed by atoms with Crippen molar-refractivity contribution in [2.24, 2.45) is 0 Å². The molecule has 1 unspecified atom stereocenters. The van der Waals surface area contributed by atoms with Gasteiger partial charge in [0.05, 0.1) is 6.10 Å². The Balaban J connectivity index is 1.78. The molecule has 3 heteroatoms. The summed E-state index contributed by atoms with van der Waals surface area (Å²) in [7, 11) is 0. The zero-order chi connectivity index (χ0) is 11.4. The molecule has 0 radical (unpaired) electrons. The predicted molar refractivity (Wildman–Crippen MR) is 65.5 cm³/mol. The van der Waals surface area contributed by atoms with E-state index < -0.39 is 0 Å². The van der Waals surface area contributed by atoms with Crippen LogP contribution in [0, 0.1) is 0 Å². The minimum atomic E-state index is 0.433. The van der Waals surface area contributed by atoms with Crippen LogP contribution in [0.1, 0.15) is 38.4 Å². The van der Waals surface area contributed by atoms with Crippen molar-refractivity contribution >= 4 is 0 Å². The topological polar surface area (TPSA) is 26.2 Å². The summed E-state index contributed by atoms with van der Waals surface area (Å²) >= 11 is 0. The lowest BCUT2D eigenvalue weighted by Gasteiger charge is -2.15. The first kappa shape index (κ1) is 11.7. The van der Waals surface area contributed by atoms with Gasteiger partial charge in [-0.15, -0.1) is 0 Å². The van der Waals surface area contributed by atoms with E-state index >= 15 is 0 Å². The molecule has 0 aliphatic carbocycles. The van der Waals surface area contributed by atoms with Gasteiger partial charge in [0.1, 0.15) is 0 Å². The Morgan fingerprint density at radius 3 is 3.12 bits per heavy atom. The van der Waals surface area contributed by atoms with Gasteiger partial charge in [0.2, 0.25) is 0 Å². The van der Waals surface area contributed by atoms with Gasteiger partial charge in [-0.05, 0) is 38.8 Å². The van der Waals surface area contributed by atoms with Gasteiger partial charge in [0, 0.05) is 37.6 Å². The molecule has 3 nitrogen and oxygen atoms in total. The molecule has 0 saturated carbocycles. The van der Waals surface area contributed by atoms with Crippen molar-refractivity contribution in [3.8, 4) is 0 Å². The number of nitrogens with zero attached hydrogens (tertiary/aromatic N) is 1. The number of rotatable bonds is 5. The largest absolute Gasteiger partial charge is 0.377 e. The summed E-state index contributed by atoms with van der Waals surface area (Å²) in [6, 6.07) is 4.83. The SMILES string of the molecule is CC(C)n1cccc1CNCC1CCCO1. The summed E-state index contributed by atoms with van der Waals surface area (Å²) in [5, 5.41) is 3.48. The van der Waals surface area contributed by atoms with Crippen LogP contribution < -0.4 is 5.32 Å². The lowest BCUT2D eigenvalue weighted by Crippen LogP contribution is -2.26. The summed E-state index contributed by atoms with van der Waals surface area (Å²) in [6.45, 7) is 7.27. The van der Waals surface area contributed by atoms with Crippen LogP contribution in [0.4, 0.5) is 0 Å². The summed E-state index contributed by atoms with van der Waals surface area (Å²) in [5.41, 5.74) is 1.35. The van der Waals surface area contributed by atoms with Gasteiger partial charge in [0.15, 0.2) is 0 Å². The molecule has 0 amide bonds. The lowest BCUT2D eigenvalue weighted by molar-refractivity contribution is 0.110. The molecule has 0 aromatic carbocycles. The lowest BCUT2D eigenvalue weighted by atomic mass is 10.2. The second kappa shape index (κ2) is 5.51. The molecule has 1 fully saturated rings.